The Morgan fingerprint density at radius 3 is 2.67 bits per heavy atom. The average Bonchev–Trinajstić information content (AvgIpc) is 2.79. The van der Waals surface area contributed by atoms with Gasteiger partial charge in [0.25, 0.3) is 5.91 Å². The molecule has 128 valence electrons. The van der Waals surface area contributed by atoms with Gasteiger partial charge in [0.2, 0.25) is 0 Å². The minimum atomic E-state index is -0.00258. The van der Waals surface area contributed by atoms with E-state index in [-0.39, 0.29) is 5.91 Å². The predicted molar refractivity (Wildman–Crippen MR) is 91.9 cm³/mol. The standard InChI is InChI=1S/C16H22N6OS/c1-11-9-14(18-12(2)17-11)16(23)22-6-4-5-21(7-8-22)10-15-20-19-13(3)24-15/h9H,4-8,10H2,1-3H3. The Hall–Kier alpha value is -1.93. The largest absolute Gasteiger partial charge is 0.336 e. The van der Waals surface area contributed by atoms with Crippen LogP contribution in [0.5, 0.6) is 0 Å². The Bertz CT molecular complexity index is 711. The molecule has 1 saturated heterocycles. The molecule has 1 aliphatic rings. The highest BCUT2D eigenvalue weighted by atomic mass is 32.1. The van der Waals surface area contributed by atoms with Crippen LogP contribution < -0.4 is 0 Å². The molecule has 0 unspecified atom stereocenters. The number of carbonyl (C=O) groups excluding carboxylic acids is 1. The Kier molecular flexibility index (Phi) is 5.15. The molecule has 3 rings (SSSR count). The molecule has 2 aromatic heterocycles. The fourth-order valence-corrected chi connectivity index (χ4v) is 3.66. The van der Waals surface area contributed by atoms with Crippen molar-refractivity contribution < 1.29 is 4.79 Å². The minimum absolute atomic E-state index is 0.00258. The molecule has 0 saturated carbocycles. The van der Waals surface area contributed by atoms with Gasteiger partial charge in [-0.15, -0.1) is 21.5 Å². The molecule has 8 heteroatoms. The molecule has 0 bridgehead atoms. The summed E-state index contributed by atoms with van der Waals surface area (Å²) in [5.41, 5.74) is 1.32. The van der Waals surface area contributed by atoms with E-state index in [1.807, 2.05) is 25.7 Å². The van der Waals surface area contributed by atoms with E-state index in [1.165, 1.54) is 0 Å². The normalized spacial score (nSPS) is 16.2. The Balaban J connectivity index is 1.63. The molecule has 1 aliphatic heterocycles. The van der Waals surface area contributed by atoms with Crippen LogP contribution in [-0.2, 0) is 6.54 Å². The van der Waals surface area contributed by atoms with E-state index < -0.39 is 0 Å². The smallest absolute Gasteiger partial charge is 0.272 e. The summed E-state index contributed by atoms with van der Waals surface area (Å²) in [6, 6.07) is 1.77. The van der Waals surface area contributed by atoms with Crippen LogP contribution in [-0.4, -0.2) is 62.1 Å². The summed E-state index contributed by atoms with van der Waals surface area (Å²) in [4.78, 5) is 25.5. The third-order valence-electron chi connectivity index (χ3n) is 3.99. The number of rotatable bonds is 3. The van der Waals surface area contributed by atoms with E-state index in [9.17, 15) is 4.79 Å². The van der Waals surface area contributed by atoms with Crippen molar-refractivity contribution >= 4 is 17.2 Å². The number of aryl methyl sites for hydroxylation is 3. The van der Waals surface area contributed by atoms with Gasteiger partial charge in [-0.3, -0.25) is 9.69 Å². The first-order valence-corrected chi connectivity index (χ1v) is 8.96. The van der Waals surface area contributed by atoms with Gasteiger partial charge < -0.3 is 4.90 Å². The molecular formula is C16H22N6OS. The maximum absolute atomic E-state index is 12.7. The summed E-state index contributed by atoms with van der Waals surface area (Å²) < 4.78 is 0. The van der Waals surface area contributed by atoms with Gasteiger partial charge in [0.15, 0.2) is 0 Å². The van der Waals surface area contributed by atoms with Gasteiger partial charge in [0.1, 0.15) is 21.5 Å². The third kappa shape index (κ3) is 4.12. The monoisotopic (exact) mass is 346 g/mol. The maximum Gasteiger partial charge on any atom is 0.272 e. The van der Waals surface area contributed by atoms with Crippen LogP contribution in [0.15, 0.2) is 6.07 Å². The zero-order chi connectivity index (χ0) is 17.1. The Labute approximate surface area is 145 Å². The van der Waals surface area contributed by atoms with Crippen LogP contribution in [0.4, 0.5) is 0 Å². The molecule has 3 heterocycles. The number of amides is 1. The zero-order valence-corrected chi connectivity index (χ0v) is 15.1. The zero-order valence-electron chi connectivity index (χ0n) is 14.3. The van der Waals surface area contributed by atoms with E-state index in [2.05, 4.69) is 25.1 Å². The molecule has 0 atom stereocenters. The number of aromatic nitrogens is 4. The lowest BCUT2D eigenvalue weighted by Crippen LogP contribution is -2.35. The van der Waals surface area contributed by atoms with E-state index in [4.69, 9.17) is 0 Å². The Morgan fingerprint density at radius 1 is 1.12 bits per heavy atom. The molecule has 0 spiro atoms. The van der Waals surface area contributed by atoms with Crippen molar-refractivity contribution in [3.8, 4) is 0 Å². The van der Waals surface area contributed by atoms with Crippen molar-refractivity contribution in [1.29, 1.82) is 0 Å². The quantitative estimate of drug-likeness (QED) is 0.840. The van der Waals surface area contributed by atoms with Crippen molar-refractivity contribution in [3.05, 3.63) is 33.3 Å². The van der Waals surface area contributed by atoms with Gasteiger partial charge in [-0.1, -0.05) is 0 Å². The fourth-order valence-electron chi connectivity index (χ4n) is 2.91. The van der Waals surface area contributed by atoms with Crippen LogP contribution in [0.25, 0.3) is 0 Å². The van der Waals surface area contributed by atoms with Crippen molar-refractivity contribution in [2.45, 2.75) is 33.7 Å². The molecule has 1 amide bonds. The molecule has 0 aliphatic carbocycles. The number of carbonyl (C=O) groups is 1. The third-order valence-corrected chi connectivity index (χ3v) is 4.81. The lowest BCUT2D eigenvalue weighted by atomic mass is 10.2. The molecule has 1 fully saturated rings. The van der Waals surface area contributed by atoms with E-state index in [0.717, 1.165) is 48.3 Å². The lowest BCUT2D eigenvalue weighted by molar-refractivity contribution is 0.0754. The van der Waals surface area contributed by atoms with Crippen LogP contribution in [0, 0.1) is 20.8 Å². The average molecular weight is 346 g/mol. The molecule has 0 radical (unpaired) electrons. The Morgan fingerprint density at radius 2 is 1.96 bits per heavy atom. The van der Waals surface area contributed by atoms with Gasteiger partial charge >= 0.3 is 0 Å². The summed E-state index contributed by atoms with van der Waals surface area (Å²) >= 11 is 1.63. The second-order valence-corrected chi connectivity index (χ2v) is 7.34. The highest BCUT2D eigenvalue weighted by Crippen LogP contribution is 2.14. The first-order valence-electron chi connectivity index (χ1n) is 8.14. The highest BCUT2D eigenvalue weighted by Gasteiger charge is 2.22. The van der Waals surface area contributed by atoms with Crippen molar-refractivity contribution in [3.63, 3.8) is 0 Å². The van der Waals surface area contributed by atoms with Crippen molar-refractivity contribution in [1.82, 2.24) is 30.0 Å². The van der Waals surface area contributed by atoms with Crippen LogP contribution in [0.3, 0.4) is 0 Å². The van der Waals surface area contributed by atoms with Crippen LogP contribution in [0.2, 0.25) is 0 Å². The van der Waals surface area contributed by atoms with Crippen molar-refractivity contribution in [2.24, 2.45) is 0 Å². The lowest BCUT2D eigenvalue weighted by Gasteiger charge is -2.21. The summed E-state index contributed by atoms with van der Waals surface area (Å²) in [6.45, 7) is 9.75. The number of nitrogens with zero attached hydrogens (tertiary/aromatic N) is 6. The molecule has 7 nitrogen and oxygen atoms in total. The molecule has 0 aromatic carbocycles. The summed E-state index contributed by atoms with van der Waals surface area (Å²) in [6.07, 6.45) is 0.951. The van der Waals surface area contributed by atoms with E-state index in [1.54, 1.807) is 17.4 Å². The number of hydrogen-bond donors (Lipinski definition) is 0. The predicted octanol–water partition coefficient (Wildman–Crippen LogP) is 1.60. The second kappa shape index (κ2) is 7.31. The second-order valence-electron chi connectivity index (χ2n) is 6.08. The summed E-state index contributed by atoms with van der Waals surface area (Å²) in [7, 11) is 0. The minimum Gasteiger partial charge on any atom is -0.336 e. The van der Waals surface area contributed by atoms with Crippen molar-refractivity contribution in [2.75, 3.05) is 26.2 Å². The highest BCUT2D eigenvalue weighted by molar-refractivity contribution is 7.11. The summed E-state index contributed by atoms with van der Waals surface area (Å²) in [5.74, 6) is 0.638. The molecule has 2 aromatic rings. The van der Waals surface area contributed by atoms with E-state index in [0.29, 0.717) is 18.1 Å². The van der Waals surface area contributed by atoms with Gasteiger partial charge in [-0.2, -0.15) is 0 Å². The van der Waals surface area contributed by atoms with Gasteiger partial charge in [-0.05, 0) is 33.3 Å². The van der Waals surface area contributed by atoms with Crippen LogP contribution in [0.1, 0.15) is 38.4 Å². The molecule has 24 heavy (non-hydrogen) atoms. The topological polar surface area (TPSA) is 75.1 Å². The summed E-state index contributed by atoms with van der Waals surface area (Å²) in [5, 5.41) is 10.3. The maximum atomic E-state index is 12.7. The fraction of sp³-hybridized carbons (Fsp3) is 0.562. The van der Waals surface area contributed by atoms with Gasteiger partial charge in [0, 0.05) is 31.9 Å². The first-order chi connectivity index (χ1) is 11.5. The van der Waals surface area contributed by atoms with Crippen LogP contribution >= 0.6 is 11.3 Å². The van der Waals surface area contributed by atoms with Gasteiger partial charge in [0.05, 0.1) is 6.54 Å². The number of hydrogen-bond acceptors (Lipinski definition) is 7. The molecule has 0 N–H and O–H groups in total. The SMILES string of the molecule is Cc1cc(C(=O)N2CCCN(Cc3nnc(C)s3)CC2)nc(C)n1. The van der Waals surface area contributed by atoms with E-state index >= 15 is 0 Å². The van der Waals surface area contributed by atoms with Gasteiger partial charge in [-0.25, -0.2) is 9.97 Å². The first kappa shape index (κ1) is 16.9. The molecular weight excluding hydrogens is 324 g/mol.